The van der Waals surface area contributed by atoms with Crippen LogP contribution in [0.25, 0.3) is 0 Å². The molecule has 0 bridgehead atoms. The number of ether oxygens (including phenoxy) is 2. The molecule has 0 aliphatic carbocycles. The lowest BCUT2D eigenvalue weighted by molar-refractivity contribution is 0.0525. The van der Waals surface area contributed by atoms with Crippen LogP contribution in [-0.4, -0.2) is 28.5 Å². The lowest BCUT2D eigenvalue weighted by Gasteiger charge is -2.11. The fourth-order valence-corrected chi connectivity index (χ4v) is 3.06. The van der Waals surface area contributed by atoms with E-state index in [9.17, 15) is 9.59 Å². The molecule has 2 N–H and O–H groups in total. The third-order valence-electron chi connectivity index (χ3n) is 4.44. The molecule has 0 radical (unpaired) electrons. The van der Waals surface area contributed by atoms with Crippen molar-refractivity contribution in [2.24, 2.45) is 0 Å². The van der Waals surface area contributed by atoms with E-state index in [1.54, 1.807) is 51.4 Å². The van der Waals surface area contributed by atoms with E-state index in [2.05, 4.69) is 15.3 Å². The highest BCUT2D eigenvalue weighted by Crippen LogP contribution is 2.27. The number of carbonyl (C=O) groups is 2. The summed E-state index contributed by atoms with van der Waals surface area (Å²) in [4.78, 5) is 31.9. The maximum absolute atomic E-state index is 12.7. The lowest BCUT2D eigenvalue weighted by Crippen LogP contribution is -2.14. The molecule has 2 heterocycles. The minimum absolute atomic E-state index is 0.275. The molecular weight excluding hydrogens is 370 g/mol. The van der Waals surface area contributed by atoms with Gasteiger partial charge in [0.1, 0.15) is 17.2 Å². The van der Waals surface area contributed by atoms with E-state index >= 15 is 0 Å². The highest BCUT2D eigenvalue weighted by Gasteiger charge is 2.23. The smallest absolute Gasteiger partial charge is 0.340 e. The van der Waals surface area contributed by atoms with Gasteiger partial charge in [0.25, 0.3) is 5.91 Å². The molecule has 0 spiro atoms. The number of aromatic nitrogens is 2. The van der Waals surface area contributed by atoms with Crippen molar-refractivity contribution < 1.29 is 19.1 Å². The van der Waals surface area contributed by atoms with Crippen LogP contribution in [0.3, 0.4) is 0 Å². The van der Waals surface area contributed by atoms with Crippen molar-refractivity contribution >= 4 is 17.6 Å². The van der Waals surface area contributed by atoms with Crippen LogP contribution in [-0.2, 0) is 4.74 Å². The number of pyridine rings is 1. The van der Waals surface area contributed by atoms with E-state index in [1.807, 2.05) is 19.1 Å². The summed E-state index contributed by atoms with van der Waals surface area (Å²) in [5, 5.41) is 2.85. The Morgan fingerprint density at radius 1 is 1.17 bits per heavy atom. The van der Waals surface area contributed by atoms with Gasteiger partial charge in [0.2, 0.25) is 0 Å². The minimum atomic E-state index is -0.439. The number of amides is 1. The Morgan fingerprint density at radius 2 is 1.97 bits per heavy atom. The van der Waals surface area contributed by atoms with Gasteiger partial charge in [-0.25, -0.2) is 4.79 Å². The van der Waals surface area contributed by atoms with E-state index < -0.39 is 5.97 Å². The molecule has 1 amide bonds. The molecule has 7 nitrogen and oxygen atoms in total. The summed E-state index contributed by atoms with van der Waals surface area (Å²) in [6, 6.07) is 8.98. The third-order valence-corrected chi connectivity index (χ3v) is 4.44. The van der Waals surface area contributed by atoms with Crippen molar-refractivity contribution in [1.29, 1.82) is 0 Å². The first-order valence-electron chi connectivity index (χ1n) is 9.26. The predicted octanol–water partition coefficient (Wildman–Crippen LogP) is 4.56. The summed E-state index contributed by atoms with van der Waals surface area (Å²) in [5.41, 5.74) is 3.37. The zero-order valence-corrected chi connectivity index (χ0v) is 16.8. The van der Waals surface area contributed by atoms with Gasteiger partial charge in [-0.2, -0.15) is 0 Å². The van der Waals surface area contributed by atoms with Gasteiger partial charge in [-0.05, 0) is 69.2 Å². The number of rotatable bonds is 6. The van der Waals surface area contributed by atoms with Gasteiger partial charge in [0, 0.05) is 17.6 Å². The van der Waals surface area contributed by atoms with Gasteiger partial charge in [-0.15, -0.1) is 0 Å². The van der Waals surface area contributed by atoms with Crippen LogP contribution < -0.4 is 10.1 Å². The number of H-pyrrole nitrogens is 1. The Kier molecular flexibility index (Phi) is 5.97. The highest BCUT2D eigenvalue weighted by atomic mass is 16.5. The van der Waals surface area contributed by atoms with Gasteiger partial charge in [-0.3, -0.25) is 9.78 Å². The van der Waals surface area contributed by atoms with Crippen LogP contribution in [0.15, 0.2) is 42.7 Å². The van der Waals surface area contributed by atoms with E-state index in [4.69, 9.17) is 9.47 Å². The van der Waals surface area contributed by atoms with Crippen LogP contribution in [0.5, 0.6) is 11.5 Å². The molecule has 0 unspecified atom stereocenters. The van der Waals surface area contributed by atoms with Crippen LogP contribution in [0, 0.1) is 20.8 Å². The number of anilines is 1. The van der Waals surface area contributed by atoms with E-state index in [1.165, 1.54) is 0 Å². The third kappa shape index (κ3) is 4.45. The molecule has 0 aliphatic heterocycles. The van der Waals surface area contributed by atoms with Gasteiger partial charge in [0.05, 0.1) is 18.4 Å². The fourth-order valence-electron chi connectivity index (χ4n) is 3.06. The molecule has 0 atom stereocenters. The normalized spacial score (nSPS) is 10.5. The first-order valence-corrected chi connectivity index (χ1v) is 9.26. The van der Waals surface area contributed by atoms with Crippen molar-refractivity contribution in [3.63, 3.8) is 0 Å². The summed E-state index contributed by atoms with van der Waals surface area (Å²) in [5.74, 6) is 0.538. The maximum Gasteiger partial charge on any atom is 0.340 e. The first-order chi connectivity index (χ1) is 13.9. The maximum atomic E-state index is 12.7. The zero-order valence-electron chi connectivity index (χ0n) is 16.8. The van der Waals surface area contributed by atoms with Crippen molar-refractivity contribution in [3.8, 4) is 11.5 Å². The summed E-state index contributed by atoms with van der Waals surface area (Å²) in [6.07, 6.45) is 3.31. The van der Waals surface area contributed by atoms with Gasteiger partial charge >= 0.3 is 5.97 Å². The van der Waals surface area contributed by atoms with Crippen molar-refractivity contribution in [3.05, 3.63) is 70.8 Å². The van der Waals surface area contributed by atoms with E-state index in [-0.39, 0.29) is 12.5 Å². The van der Waals surface area contributed by atoms with Crippen molar-refractivity contribution in [2.75, 3.05) is 11.9 Å². The molecule has 29 heavy (non-hydrogen) atoms. The topological polar surface area (TPSA) is 93.3 Å². The fraction of sp³-hybridized carbons (Fsp3) is 0.227. The number of nitrogens with one attached hydrogen (secondary N) is 2. The number of nitrogens with zero attached hydrogens (tertiary/aromatic N) is 1. The van der Waals surface area contributed by atoms with Crippen LogP contribution >= 0.6 is 0 Å². The molecule has 7 heteroatoms. The Labute approximate surface area is 169 Å². The quantitative estimate of drug-likeness (QED) is 0.599. The number of benzene rings is 1. The second-order valence-corrected chi connectivity index (χ2v) is 6.57. The van der Waals surface area contributed by atoms with Gasteiger partial charge < -0.3 is 19.8 Å². The second kappa shape index (κ2) is 8.60. The summed E-state index contributed by atoms with van der Waals surface area (Å²) < 4.78 is 10.9. The largest absolute Gasteiger partial charge is 0.462 e. The molecule has 3 aromatic rings. The lowest BCUT2D eigenvalue weighted by atomic mass is 10.1. The molecule has 0 fully saturated rings. The Bertz CT molecular complexity index is 1040. The number of hydrogen-bond donors (Lipinski definition) is 2. The minimum Gasteiger partial charge on any atom is -0.462 e. The van der Waals surface area contributed by atoms with Crippen LogP contribution in [0.4, 0.5) is 5.69 Å². The Balaban J connectivity index is 1.77. The second-order valence-electron chi connectivity index (χ2n) is 6.57. The number of aryl methyl sites for hydroxylation is 2. The van der Waals surface area contributed by atoms with E-state index in [0.29, 0.717) is 39.7 Å². The number of hydrogen-bond acceptors (Lipinski definition) is 5. The average molecular weight is 393 g/mol. The summed E-state index contributed by atoms with van der Waals surface area (Å²) >= 11 is 0. The molecule has 1 aromatic carbocycles. The monoisotopic (exact) mass is 393 g/mol. The Morgan fingerprint density at radius 3 is 2.62 bits per heavy atom. The first kappa shape index (κ1) is 20.1. The SMILES string of the molecule is CCOC(=O)c1c(C)[nH]c(C(=O)Nc2ccc(Oc3cccnc3)c(C)c2)c1C. The zero-order chi connectivity index (χ0) is 21.0. The molecular formula is C22H23N3O4. The standard InChI is InChI=1S/C22H23N3O4/c1-5-28-22(27)19-14(3)20(24-15(19)4)21(26)25-16-8-9-18(13(2)11-16)29-17-7-6-10-23-12-17/h6-12,24H,5H2,1-4H3,(H,25,26). The van der Waals surface area contributed by atoms with Crippen LogP contribution in [0.2, 0.25) is 0 Å². The van der Waals surface area contributed by atoms with E-state index in [0.717, 1.165) is 5.56 Å². The Hall–Kier alpha value is -3.61. The summed E-state index contributed by atoms with van der Waals surface area (Å²) in [7, 11) is 0. The average Bonchev–Trinajstić information content (AvgIpc) is 2.99. The highest BCUT2D eigenvalue weighted by molar-refractivity contribution is 6.06. The number of esters is 1. The molecule has 150 valence electrons. The van der Waals surface area contributed by atoms with Gasteiger partial charge in [-0.1, -0.05) is 0 Å². The van der Waals surface area contributed by atoms with Crippen molar-refractivity contribution in [1.82, 2.24) is 9.97 Å². The molecule has 3 rings (SSSR count). The molecule has 0 saturated heterocycles. The number of aromatic amines is 1. The molecule has 0 saturated carbocycles. The molecule has 2 aromatic heterocycles. The summed E-state index contributed by atoms with van der Waals surface area (Å²) in [6.45, 7) is 7.37. The predicted molar refractivity (Wildman–Crippen MR) is 110 cm³/mol. The van der Waals surface area contributed by atoms with Crippen LogP contribution in [0.1, 0.15) is 44.6 Å². The van der Waals surface area contributed by atoms with Gasteiger partial charge in [0.15, 0.2) is 0 Å². The van der Waals surface area contributed by atoms with Crippen molar-refractivity contribution in [2.45, 2.75) is 27.7 Å². The molecule has 0 aliphatic rings. The number of carbonyl (C=O) groups excluding carboxylic acids is 2.